The Labute approximate surface area is 106 Å². The molecule has 5 nitrogen and oxygen atoms in total. The molecule has 1 atom stereocenters. The number of aromatic nitrogens is 2. The van der Waals surface area contributed by atoms with Crippen LogP contribution in [0, 0.1) is 0 Å². The number of thioether (sulfide) groups is 1. The van der Waals surface area contributed by atoms with Crippen molar-refractivity contribution >= 4 is 23.4 Å². The summed E-state index contributed by atoms with van der Waals surface area (Å²) in [6.45, 7) is 1.62. The van der Waals surface area contributed by atoms with Crippen LogP contribution in [-0.4, -0.2) is 49.6 Å². The maximum absolute atomic E-state index is 5.41. The molecule has 1 aromatic heterocycles. The highest BCUT2D eigenvalue weighted by Gasteiger charge is 2.22. The molecule has 6 heteroatoms. The normalized spacial score (nSPS) is 19.4. The van der Waals surface area contributed by atoms with E-state index >= 15 is 0 Å². The van der Waals surface area contributed by atoms with Crippen molar-refractivity contribution in [2.45, 2.75) is 17.6 Å². The molecule has 0 aliphatic carbocycles. The van der Waals surface area contributed by atoms with E-state index in [4.69, 9.17) is 4.74 Å². The van der Waals surface area contributed by atoms with Gasteiger partial charge in [-0.3, -0.25) is 0 Å². The molecule has 94 valence electrons. The number of nitrogens with one attached hydrogen (secondary N) is 1. The number of hydrogen-bond donors (Lipinski definition) is 1. The van der Waals surface area contributed by atoms with E-state index in [0.717, 1.165) is 36.4 Å². The van der Waals surface area contributed by atoms with Gasteiger partial charge in [0.25, 0.3) is 0 Å². The maximum atomic E-state index is 5.41. The van der Waals surface area contributed by atoms with Gasteiger partial charge in [-0.25, -0.2) is 9.97 Å². The SMILES string of the molecule is CNc1cc(N(C)C2CCOC2)nc(SC)n1. The lowest BCUT2D eigenvalue weighted by molar-refractivity contribution is 0.193. The zero-order chi connectivity index (χ0) is 12.3. The molecular weight excluding hydrogens is 236 g/mol. The minimum absolute atomic E-state index is 0.421. The van der Waals surface area contributed by atoms with Gasteiger partial charge in [-0.2, -0.15) is 0 Å². The van der Waals surface area contributed by atoms with Crippen molar-refractivity contribution in [2.24, 2.45) is 0 Å². The summed E-state index contributed by atoms with van der Waals surface area (Å²) in [7, 11) is 3.93. The second kappa shape index (κ2) is 5.55. The van der Waals surface area contributed by atoms with Crippen molar-refractivity contribution in [3.8, 4) is 0 Å². The average molecular weight is 254 g/mol. The Morgan fingerprint density at radius 3 is 2.94 bits per heavy atom. The van der Waals surface area contributed by atoms with E-state index in [0.29, 0.717) is 6.04 Å². The molecule has 2 heterocycles. The lowest BCUT2D eigenvalue weighted by atomic mass is 10.2. The van der Waals surface area contributed by atoms with Gasteiger partial charge in [0.2, 0.25) is 0 Å². The summed E-state index contributed by atoms with van der Waals surface area (Å²) in [6, 6.07) is 2.39. The van der Waals surface area contributed by atoms with Crippen molar-refractivity contribution in [1.29, 1.82) is 0 Å². The smallest absolute Gasteiger partial charge is 0.191 e. The quantitative estimate of drug-likeness (QED) is 0.648. The fourth-order valence-electron chi connectivity index (χ4n) is 1.83. The predicted molar refractivity (Wildman–Crippen MR) is 71.0 cm³/mol. The zero-order valence-corrected chi connectivity index (χ0v) is 11.3. The summed E-state index contributed by atoms with van der Waals surface area (Å²) in [5, 5.41) is 3.85. The van der Waals surface area contributed by atoms with Gasteiger partial charge in [0, 0.05) is 26.8 Å². The molecule has 1 unspecified atom stereocenters. The van der Waals surface area contributed by atoms with E-state index in [2.05, 4.69) is 27.2 Å². The molecule has 17 heavy (non-hydrogen) atoms. The second-order valence-electron chi connectivity index (χ2n) is 3.98. The first-order valence-corrected chi connectivity index (χ1v) is 6.88. The van der Waals surface area contributed by atoms with E-state index in [1.54, 1.807) is 11.8 Å². The van der Waals surface area contributed by atoms with Crippen molar-refractivity contribution in [3.63, 3.8) is 0 Å². The van der Waals surface area contributed by atoms with Crippen LogP contribution in [0.4, 0.5) is 11.6 Å². The fourth-order valence-corrected chi connectivity index (χ4v) is 2.20. The van der Waals surface area contributed by atoms with Crippen LogP contribution >= 0.6 is 11.8 Å². The van der Waals surface area contributed by atoms with Gasteiger partial charge >= 0.3 is 0 Å². The molecule has 0 aromatic carbocycles. The number of anilines is 2. The Morgan fingerprint density at radius 2 is 2.35 bits per heavy atom. The highest BCUT2D eigenvalue weighted by atomic mass is 32.2. The van der Waals surface area contributed by atoms with Gasteiger partial charge in [-0.1, -0.05) is 11.8 Å². The minimum atomic E-state index is 0.421. The highest BCUT2D eigenvalue weighted by molar-refractivity contribution is 7.98. The molecule has 0 amide bonds. The molecule has 0 bridgehead atoms. The summed E-state index contributed by atoms with van der Waals surface area (Å²) in [6.07, 6.45) is 3.04. The van der Waals surface area contributed by atoms with Crippen LogP contribution < -0.4 is 10.2 Å². The Balaban J connectivity index is 2.23. The van der Waals surface area contributed by atoms with Crippen molar-refractivity contribution < 1.29 is 4.74 Å². The monoisotopic (exact) mass is 254 g/mol. The third-order valence-corrected chi connectivity index (χ3v) is 3.49. The Bertz CT molecular complexity index is 359. The van der Waals surface area contributed by atoms with E-state index in [9.17, 15) is 0 Å². The molecule has 1 N–H and O–H groups in total. The first-order chi connectivity index (χ1) is 8.24. The molecule has 0 radical (unpaired) electrons. The highest BCUT2D eigenvalue weighted by Crippen LogP contribution is 2.23. The Kier molecular flexibility index (Phi) is 4.06. The lowest BCUT2D eigenvalue weighted by Crippen LogP contribution is -2.32. The van der Waals surface area contributed by atoms with Crippen LogP contribution in [0.5, 0.6) is 0 Å². The third-order valence-electron chi connectivity index (χ3n) is 2.95. The number of ether oxygens (including phenoxy) is 1. The van der Waals surface area contributed by atoms with E-state index < -0.39 is 0 Å². The van der Waals surface area contributed by atoms with Gasteiger partial charge < -0.3 is 15.0 Å². The van der Waals surface area contributed by atoms with E-state index in [1.807, 2.05) is 19.4 Å². The Morgan fingerprint density at radius 1 is 1.53 bits per heavy atom. The molecule has 0 spiro atoms. The van der Waals surface area contributed by atoms with Crippen LogP contribution in [0.15, 0.2) is 11.2 Å². The standard InChI is InChI=1S/C11H18N4OS/c1-12-9-6-10(14-11(13-9)17-3)15(2)8-4-5-16-7-8/h6,8H,4-5,7H2,1-3H3,(H,12,13,14). The first kappa shape index (κ1) is 12.4. The number of hydrogen-bond acceptors (Lipinski definition) is 6. The van der Waals surface area contributed by atoms with Crippen molar-refractivity contribution in [2.75, 3.05) is 43.8 Å². The summed E-state index contributed by atoms with van der Waals surface area (Å²) >= 11 is 1.55. The molecular formula is C11H18N4OS. The molecule has 1 fully saturated rings. The largest absolute Gasteiger partial charge is 0.379 e. The summed E-state index contributed by atoms with van der Waals surface area (Å²) in [4.78, 5) is 11.1. The molecule has 1 aromatic rings. The van der Waals surface area contributed by atoms with Gasteiger partial charge in [-0.15, -0.1) is 0 Å². The Hall–Kier alpha value is -1.01. The van der Waals surface area contributed by atoms with Gasteiger partial charge in [0.1, 0.15) is 11.6 Å². The summed E-state index contributed by atoms with van der Waals surface area (Å²) in [5.74, 6) is 1.80. The topological polar surface area (TPSA) is 50.3 Å². The van der Waals surface area contributed by atoms with Gasteiger partial charge in [0.05, 0.1) is 12.6 Å². The van der Waals surface area contributed by atoms with Crippen LogP contribution in [0.3, 0.4) is 0 Å². The molecule has 2 rings (SSSR count). The predicted octanol–water partition coefficient (Wildman–Crippen LogP) is 1.47. The van der Waals surface area contributed by atoms with Crippen LogP contribution in [-0.2, 0) is 4.74 Å². The molecule has 0 saturated carbocycles. The second-order valence-corrected chi connectivity index (χ2v) is 4.75. The van der Waals surface area contributed by atoms with E-state index in [1.165, 1.54) is 0 Å². The van der Waals surface area contributed by atoms with Crippen molar-refractivity contribution in [3.05, 3.63) is 6.07 Å². The summed E-state index contributed by atoms with van der Waals surface area (Å²) in [5.41, 5.74) is 0. The van der Waals surface area contributed by atoms with Gasteiger partial charge in [0.15, 0.2) is 5.16 Å². The van der Waals surface area contributed by atoms with Crippen molar-refractivity contribution in [1.82, 2.24) is 9.97 Å². The molecule has 1 aliphatic rings. The van der Waals surface area contributed by atoms with Crippen LogP contribution in [0.25, 0.3) is 0 Å². The molecule has 1 saturated heterocycles. The van der Waals surface area contributed by atoms with Crippen LogP contribution in [0.1, 0.15) is 6.42 Å². The number of likely N-dealkylation sites (N-methyl/N-ethyl adjacent to an activating group) is 1. The fraction of sp³-hybridized carbons (Fsp3) is 0.636. The number of nitrogens with zero attached hydrogens (tertiary/aromatic N) is 3. The van der Waals surface area contributed by atoms with Gasteiger partial charge in [-0.05, 0) is 12.7 Å². The van der Waals surface area contributed by atoms with Crippen LogP contribution in [0.2, 0.25) is 0 Å². The third kappa shape index (κ3) is 2.81. The summed E-state index contributed by atoms with van der Waals surface area (Å²) < 4.78 is 5.41. The first-order valence-electron chi connectivity index (χ1n) is 5.66. The maximum Gasteiger partial charge on any atom is 0.191 e. The molecule has 1 aliphatic heterocycles. The zero-order valence-electron chi connectivity index (χ0n) is 10.4. The number of rotatable bonds is 4. The lowest BCUT2D eigenvalue weighted by Gasteiger charge is -2.24. The average Bonchev–Trinajstić information content (AvgIpc) is 2.91. The minimum Gasteiger partial charge on any atom is -0.379 e. The van der Waals surface area contributed by atoms with E-state index in [-0.39, 0.29) is 0 Å².